The van der Waals surface area contributed by atoms with E-state index in [0.717, 1.165) is 71.7 Å². The monoisotopic (exact) mass is 512 g/mol. The standard InChI is InChI=1S/C28H32N8O2/c1-3-5-8-23-18-36(27-21(19-37)13-15-34(27)14-4-2)28(38)35(23)17-22-12-11-20(16-29-22)24-9-6-7-10-25(24)26-30-32-33-31-26/h6-7,9-13,15-16,18,37H,3-5,8,14,17,19H2,1-2H3,(H,30,31,32,33). The summed E-state index contributed by atoms with van der Waals surface area (Å²) in [6.45, 7) is 5.25. The summed E-state index contributed by atoms with van der Waals surface area (Å²) < 4.78 is 5.52. The summed E-state index contributed by atoms with van der Waals surface area (Å²) in [5.74, 6) is 1.26. The molecule has 0 spiro atoms. The van der Waals surface area contributed by atoms with Crippen LogP contribution < -0.4 is 5.69 Å². The van der Waals surface area contributed by atoms with Gasteiger partial charge in [-0.25, -0.2) is 4.79 Å². The Bertz CT molecular complexity index is 1540. The molecule has 0 fully saturated rings. The second-order valence-electron chi connectivity index (χ2n) is 9.30. The number of imidazole rings is 1. The van der Waals surface area contributed by atoms with Gasteiger partial charge in [-0.15, -0.1) is 10.2 Å². The summed E-state index contributed by atoms with van der Waals surface area (Å²) in [5.41, 5.74) is 5.09. The molecule has 10 nitrogen and oxygen atoms in total. The van der Waals surface area contributed by atoms with Crippen LogP contribution in [0.4, 0.5) is 0 Å². The van der Waals surface area contributed by atoms with E-state index in [2.05, 4.69) is 34.5 Å². The van der Waals surface area contributed by atoms with E-state index in [1.165, 1.54) is 0 Å². The molecule has 0 aliphatic heterocycles. The first kappa shape index (κ1) is 25.3. The van der Waals surface area contributed by atoms with Crippen LogP contribution >= 0.6 is 0 Å². The summed E-state index contributed by atoms with van der Waals surface area (Å²) in [7, 11) is 0. The number of tetrazole rings is 1. The van der Waals surface area contributed by atoms with E-state index in [1.807, 2.05) is 65.6 Å². The molecule has 2 N–H and O–H groups in total. The molecule has 4 heterocycles. The van der Waals surface area contributed by atoms with Crippen LogP contribution in [0.25, 0.3) is 28.3 Å². The summed E-state index contributed by atoms with van der Waals surface area (Å²) in [4.78, 5) is 18.4. The highest BCUT2D eigenvalue weighted by molar-refractivity contribution is 5.79. The van der Waals surface area contributed by atoms with E-state index in [1.54, 1.807) is 9.13 Å². The normalized spacial score (nSPS) is 11.3. The number of aryl methyl sites for hydroxylation is 2. The summed E-state index contributed by atoms with van der Waals surface area (Å²) in [6, 6.07) is 13.7. The SMILES string of the molecule is CCCCc1cn(-c2c(CO)ccn2CCC)c(=O)n1Cc1ccc(-c2ccccc2-c2nn[nH]n2)cn1. The Morgan fingerprint density at radius 2 is 1.87 bits per heavy atom. The van der Waals surface area contributed by atoms with Crippen LogP contribution in [-0.4, -0.2) is 44.4 Å². The Morgan fingerprint density at radius 1 is 1.03 bits per heavy atom. The Kier molecular flexibility index (Phi) is 7.60. The van der Waals surface area contributed by atoms with Gasteiger partial charge in [-0.1, -0.05) is 50.6 Å². The number of hydrogen-bond acceptors (Lipinski definition) is 6. The van der Waals surface area contributed by atoms with Crippen LogP contribution in [0.3, 0.4) is 0 Å². The van der Waals surface area contributed by atoms with Gasteiger partial charge in [-0.3, -0.25) is 14.1 Å². The molecular formula is C28H32N8O2. The number of aliphatic hydroxyl groups excluding tert-OH is 1. The molecule has 0 aliphatic carbocycles. The third-order valence-corrected chi connectivity index (χ3v) is 6.70. The lowest BCUT2D eigenvalue weighted by Crippen LogP contribution is -2.27. The number of hydrogen-bond donors (Lipinski definition) is 2. The van der Waals surface area contributed by atoms with Gasteiger partial charge in [-0.05, 0) is 42.2 Å². The summed E-state index contributed by atoms with van der Waals surface area (Å²) in [5, 5.41) is 24.4. The van der Waals surface area contributed by atoms with Crippen LogP contribution in [0.5, 0.6) is 0 Å². The average Bonchev–Trinajstić information content (AvgIpc) is 3.69. The molecule has 0 unspecified atom stereocenters. The number of rotatable bonds is 11. The second-order valence-corrected chi connectivity index (χ2v) is 9.30. The maximum Gasteiger partial charge on any atom is 0.334 e. The van der Waals surface area contributed by atoms with Gasteiger partial charge in [0.2, 0.25) is 5.82 Å². The maximum atomic E-state index is 13.7. The zero-order valence-electron chi connectivity index (χ0n) is 21.7. The van der Waals surface area contributed by atoms with Crippen molar-refractivity contribution in [2.75, 3.05) is 0 Å². The molecule has 0 bridgehead atoms. The molecule has 0 amide bonds. The molecule has 5 rings (SSSR count). The molecule has 0 aliphatic rings. The number of H-pyrrole nitrogens is 1. The van der Waals surface area contributed by atoms with Gasteiger partial charge in [0, 0.05) is 47.5 Å². The number of aromatic nitrogens is 8. The van der Waals surface area contributed by atoms with E-state index in [9.17, 15) is 9.90 Å². The van der Waals surface area contributed by atoms with E-state index in [0.29, 0.717) is 12.4 Å². The molecule has 1 aromatic carbocycles. The van der Waals surface area contributed by atoms with E-state index in [4.69, 9.17) is 4.98 Å². The number of aromatic amines is 1. The highest BCUT2D eigenvalue weighted by Gasteiger charge is 2.19. The Morgan fingerprint density at radius 3 is 2.55 bits per heavy atom. The highest BCUT2D eigenvalue weighted by Crippen LogP contribution is 2.29. The molecule has 0 saturated heterocycles. The zero-order chi connectivity index (χ0) is 26.5. The van der Waals surface area contributed by atoms with Crippen molar-refractivity contribution < 1.29 is 5.11 Å². The summed E-state index contributed by atoms with van der Waals surface area (Å²) in [6.07, 6.45) is 9.40. The van der Waals surface area contributed by atoms with Crippen molar-refractivity contribution in [2.45, 2.75) is 59.2 Å². The van der Waals surface area contributed by atoms with E-state index >= 15 is 0 Å². The zero-order valence-corrected chi connectivity index (χ0v) is 21.7. The fourth-order valence-corrected chi connectivity index (χ4v) is 4.80. The Hall–Kier alpha value is -4.31. The Labute approximate surface area is 220 Å². The molecule has 0 saturated carbocycles. The quantitative estimate of drug-likeness (QED) is 0.276. The number of benzene rings is 1. The van der Waals surface area contributed by atoms with Crippen molar-refractivity contribution in [1.29, 1.82) is 0 Å². The minimum atomic E-state index is -0.129. The minimum Gasteiger partial charge on any atom is -0.392 e. The van der Waals surface area contributed by atoms with Crippen LogP contribution in [-0.2, 0) is 26.1 Å². The van der Waals surface area contributed by atoms with Gasteiger partial charge in [-0.2, -0.15) is 5.21 Å². The third kappa shape index (κ3) is 4.95. The Balaban J connectivity index is 1.49. The van der Waals surface area contributed by atoms with Gasteiger partial charge in [0.25, 0.3) is 0 Å². The van der Waals surface area contributed by atoms with Crippen molar-refractivity contribution in [3.63, 3.8) is 0 Å². The van der Waals surface area contributed by atoms with Crippen molar-refractivity contribution in [3.05, 3.63) is 88.5 Å². The first-order chi connectivity index (χ1) is 18.6. The predicted octanol–water partition coefficient (Wildman–Crippen LogP) is 3.98. The molecule has 0 atom stereocenters. The lowest BCUT2D eigenvalue weighted by Gasteiger charge is -2.10. The van der Waals surface area contributed by atoms with Crippen molar-refractivity contribution in [1.82, 2.24) is 39.3 Å². The number of unbranched alkanes of at least 4 members (excludes halogenated alkanes) is 1. The van der Waals surface area contributed by atoms with E-state index < -0.39 is 0 Å². The number of nitrogens with zero attached hydrogens (tertiary/aromatic N) is 7. The molecule has 10 heteroatoms. The van der Waals surface area contributed by atoms with Crippen molar-refractivity contribution in [2.24, 2.45) is 0 Å². The molecule has 196 valence electrons. The van der Waals surface area contributed by atoms with Crippen molar-refractivity contribution in [3.8, 4) is 28.3 Å². The molecule has 38 heavy (non-hydrogen) atoms. The predicted molar refractivity (Wildman–Crippen MR) is 145 cm³/mol. The van der Waals surface area contributed by atoms with Crippen molar-refractivity contribution >= 4 is 0 Å². The molecular weight excluding hydrogens is 480 g/mol. The first-order valence-electron chi connectivity index (χ1n) is 13.0. The average molecular weight is 513 g/mol. The largest absolute Gasteiger partial charge is 0.392 e. The van der Waals surface area contributed by atoms with Crippen LogP contribution in [0.2, 0.25) is 0 Å². The van der Waals surface area contributed by atoms with Crippen LogP contribution in [0.1, 0.15) is 50.1 Å². The second kappa shape index (κ2) is 11.4. The topological polar surface area (TPSA) is 119 Å². The smallest absolute Gasteiger partial charge is 0.334 e. The maximum absolute atomic E-state index is 13.7. The van der Waals surface area contributed by atoms with E-state index in [-0.39, 0.29) is 12.3 Å². The van der Waals surface area contributed by atoms with Gasteiger partial charge >= 0.3 is 5.69 Å². The lowest BCUT2D eigenvalue weighted by atomic mass is 10.0. The summed E-state index contributed by atoms with van der Waals surface area (Å²) >= 11 is 0. The molecule has 5 aromatic rings. The van der Waals surface area contributed by atoms with Crippen LogP contribution in [0, 0.1) is 0 Å². The minimum absolute atomic E-state index is 0.123. The number of aliphatic hydroxyl groups is 1. The molecule has 0 radical (unpaired) electrons. The number of pyridine rings is 1. The number of nitrogens with one attached hydrogen (secondary N) is 1. The van der Waals surface area contributed by atoms with Gasteiger partial charge in [0.15, 0.2) is 0 Å². The third-order valence-electron chi connectivity index (χ3n) is 6.70. The van der Waals surface area contributed by atoms with Gasteiger partial charge < -0.3 is 9.67 Å². The molecule has 4 aromatic heterocycles. The first-order valence-corrected chi connectivity index (χ1v) is 13.0. The fraction of sp³-hybridized carbons (Fsp3) is 0.321. The van der Waals surface area contributed by atoms with Gasteiger partial charge in [0.05, 0.1) is 18.8 Å². The fourth-order valence-electron chi connectivity index (χ4n) is 4.80. The highest BCUT2D eigenvalue weighted by atomic mass is 16.3. The van der Waals surface area contributed by atoms with Gasteiger partial charge in [0.1, 0.15) is 5.82 Å². The lowest BCUT2D eigenvalue weighted by molar-refractivity contribution is 0.281. The van der Waals surface area contributed by atoms with Crippen LogP contribution in [0.15, 0.2) is 65.8 Å².